The molecule has 1 heterocycles. The Balaban J connectivity index is 2.20. The van der Waals surface area contributed by atoms with Gasteiger partial charge >= 0.3 is 0 Å². The Morgan fingerprint density at radius 3 is 2.32 bits per heavy atom. The van der Waals surface area contributed by atoms with E-state index in [0.717, 1.165) is 26.2 Å². The lowest BCUT2D eigenvalue weighted by molar-refractivity contribution is 0.185. The predicted octanol–water partition coefficient (Wildman–Crippen LogP) is 3.26. The van der Waals surface area contributed by atoms with Gasteiger partial charge in [0.05, 0.1) is 0 Å². The summed E-state index contributed by atoms with van der Waals surface area (Å²) in [7, 11) is 0. The Kier molecular flexibility index (Phi) is 4.32. The summed E-state index contributed by atoms with van der Waals surface area (Å²) >= 11 is 0. The van der Waals surface area contributed by atoms with Crippen LogP contribution in [0.25, 0.3) is 0 Å². The van der Waals surface area contributed by atoms with E-state index in [9.17, 15) is 0 Å². The smallest absolute Gasteiger partial charge is 0.0323 e. The first-order chi connectivity index (χ1) is 8.89. The van der Waals surface area contributed by atoms with Gasteiger partial charge in [-0.1, -0.05) is 39.0 Å². The zero-order valence-corrected chi connectivity index (χ0v) is 13.1. The van der Waals surface area contributed by atoms with Crippen LogP contribution in [0.3, 0.4) is 0 Å². The van der Waals surface area contributed by atoms with Gasteiger partial charge < -0.3 is 5.32 Å². The molecule has 1 unspecified atom stereocenters. The van der Waals surface area contributed by atoms with Crippen LogP contribution in [0.5, 0.6) is 0 Å². The molecule has 0 aliphatic carbocycles. The first kappa shape index (κ1) is 14.5. The monoisotopic (exact) mass is 260 g/mol. The number of hydrogen-bond acceptors (Lipinski definition) is 2. The molecule has 1 saturated heterocycles. The normalized spacial score (nSPS) is 19.4. The van der Waals surface area contributed by atoms with E-state index >= 15 is 0 Å². The minimum atomic E-state index is 0.238. The molecule has 1 aliphatic heterocycles. The second-order valence-corrected chi connectivity index (χ2v) is 6.78. The summed E-state index contributed by atoms with van der Waals surface area (Å²) in [5.41, 5.74) is 4.58. The number of nitrogens with zero attached hydrogens (tertiary/aromatic N) is 1. The molecule has 0 spiro atoms. The van der Waals surface area contributed by atoms with Crippen LogP contribution >= 0.6 is 0 Å². The van der Waals surface area contributed by atoms with Crippen molar-refractivity contribution in [2.75, 3.05) is 26.2 Å². The van der Waals surface area contributed by atoms with Crippen molar-refractivity contribution >= 4 is 0 Å². The summed E-state index contributed by atoms with van der Waals surface area (Å²) < 4.78 is 0. The highest BCUT2D eigenvalue weighted by molar-refractivity contribution is 5.36. The fraction of sp³-hybridized carbons (Fsp3) is 0.647. The molecule has 19 heavy (non-hydrogen) atoms. The number of benzene rings is 1. The number of nitrogens with one attached hydrogen (secondary N) is 1. The lowest BCUT2D eigenvalue weighted by Gasteiger charge is -2.34. The van der Waals surface area contributed by atoms with Gasteiger partial charge in [0.25, 0.3) is 0 Å². The Morgan fingerprint density at radius 1 is 1.16 bits per heavy atom. The van der Waals surface area contributed by atoms with Gasteiger partial charge in [-0.2, -0.15) is 0 Å². The SMILES string of the molecule is Cc1cc(C(C)(C)C)ccc1C(C)N1CCNCC1. The van der Waals surface area contributed by atoms with E-state index in [-0.39, 0.29) is 5.41 Å². The molecule has 2 nitrogen and oxygen atoms in total. The molecule has 1 atom stereocenters. The van der Waals surface area contributed by atoms with Crippen molar-refractivity contribution in [3.05, 3.63) is 34.9 Å². The van der Waals surface area contributed by atoms with Crippen LogP contribution in [0.2, 0.25) is 0 Å². The first-order valence-electron chi connectivity index (χ1n) is 7.45. The maximum Gasteiger partial charge on any atom is 0.0323 e. The van der Waals surface area contributed by atoms with Gasteiger partial charge in [-0.15, -0.1) is 0 Å². The van der Waals surface area contributed by atoms with Crippen LogP contribution in [0.1, 0.15) is 50.4 Å². The van der Waals surface area contributed by atoms with Crippen LogP contribution < -0.4 is 5.32 Å². The third kappa shape index (κ3) is 3.37. The molecule has 1 N–H and O–H groups in total. The molecule has 1 aromatic rings. The second-order valence-electron chi connectivity index (χ2n) is 6.78. The van der Waals surface area contributed by atoms with Crippen LogP contribution in [0.4, 0.5) is 0 Å². The summed E-state index contributed by atoms with van der Waals surface area (Å²) in [6.45, 7) is 16.0. The zero-order valence-electron chi connectivity index (χ0n) is 13.1. The molecule has 0 radical (unpaired) electrons. The third-order valence-electron chi connectivity index (χ3n) is 4.29. The Bertz CT molecular complexity index is 425. The van der Waals surface area contributed by atoms with E-state index in [4.69, 9.17) is 0 Å². The highest BCUT2D eigenvalue weighted by Crippen LogP contribution is 2.29. The van der Waals surface area contributed by atoms with Gasteiger partial charge in [0.1, 0.15) is 0 Å². The van der Waals surface area contributed by atoms with Gasteiger partial charge in [0.2, 0.25) is 0 Å². The van der Waals surface area contributed by atoms with Crippen molar-refractivity contribution in [2.45, 2.75) is 46.1 Å². The summed E-state index contributed by atoms with van der Waals surface area (Å²) in [5, 5.41) is 3.42. The van der Waals surface area contributed by atoms with E-state index in [0.29, 0.717) is 6.04 Å². The van der Waals surface area contributed by atoms with Crippen LogP contribution in [-0.2, 0) is 5.41 Å². The second kappa shape index (κ2) is 5.64. The van der Waals surface area contributed by atoms with Crippen molar-refractivity contribution < 1.29 is 0 Å². The lowest BCUT2D eigenvalue weighted by Crippen LogP contribution is -2.44. The number of piperazine rings is 1. The van der Waals surface area contributed by atoms with Crippen molar-refractivity contribution in [1.82, 2.24) is 10.2 Å². The number of hydrogen-bond donors (Lipinski definition) is 1. The molecule has 106 valence electrons. The molecule has 2 heteroatoms. The summed E-state index contributed by atoms with van der Waals surface area (Å²) in [6, 6.07) is 7.54. The fourth-order valence-corrected chi connectivity index (χ4v) is 2.88. The van der Waals surface area contributed by atoms with Gasteiger partial charge in [-0.25, -0.2) is 0 Å². The average molecular weight is 260 g/mol. The van der Waals surface area contributed by atoms with E-state index in [1.807, 2.05) is 0 Å². The molecule has 0 aromatic heterocycles. The third-order valence-corrected chi connectivity index (χ3v) is 4.29. The van der Waals surface area contributed by atoms with Gasteiger partial charge in [0.15, 0.2) is 0 Å². The fourth-order valence-electron chi connectivity index (χ4n) is 2.88. The van der Waals surface area contributed by atoms with E-state index in [1.54, 1.807) is 0 Å². The van der Waals surface area contributed by atoms with Crippen molar-refractivity contribution in [3.63, 3.8) is 0 Å². The molecular formula is C17H28N2. The Morgan fingerprint density at radius 2 is 1.79 bits per heavy atom. The molecule has 1 aliphatic rings. The maximum absolute atomic E-state index is 3.42. The minimum Gasteiger partial charge on any atom is -0.314 e. The molecule has 0 amide bonds. The quantitative estimate of drug-likeness (QED) is 0.878. The van der Waals surface area contributed by atoms with Crippen molar-refractivity contribution in [2.24, 2.45) is 0 Å². The first-order valence-corrected chi connectivity index (χ1v) is 7.45. The summed E-state index contributed by atoms with van der Waals surface area (Å²) in [4.78, 5) is 2.58. The Hall–Kier alpha value is -0.860. The molecular weight excluding hydrogens is 232 g/mol. The van der Waals surface area contributed by atoms with E-state index in [2.05, 4.69) is 63.0 Å². The van der Waals surface area contributed by atoms with Crippen molar-refractivity contribution in [1.29, 1.82) is 0 Å². The Labute approximate surface area is 118 Å². The van der Waals surface area contributed by atoms with Gasteiger partial charge in [-0.05, 0) is 36.0 Å². The maximum atomic E-state index is 3.42. The zero-order chi connectivity index (χ0) is 14.0. The molecule has 0 saturated carbocycles. The highest BCUT2D eigenvalue weighted by atomic mass is 15.2. The number of aryl methyl sites for hydroxylation is 1. The summed E-state index contributed by atoms with van der Waals surface area (Å²) in [5.74, 6) is 0. The van der Waals surface area contributed by atoms with Crippen LogP contribution in [-0.4, -0.2) is 31.1 Å². The van der Waals surface area contributed by atoms with E-state index in [1.165, 1.54) is 16.7 Å². The average Bonchev–Trinajstić information content (AvgIpc) is 2.38. The van der Waals surface area contributed by atoms with Gasteiger partial charge in [0, 0.05) is 32.2 Å². The predicted molar refractivity (Wildman–Crippen MR) is 82.7 cm³/mol. The largest absolute Gasteiger partial charge is 0.314 e. The van der Waals surface area contributed by atoms with Gasteiger partial charge in [-0.3, -0.25) is 4.90 Å². The summed E-state index contributed by atoms with van der Waals surface area (Å²) in [6.07, 6.45) is 0. The molecule has 1 fully saturated rings. The lowest BCUT2D eigenvalue weighted by atomic mass is 9.84. The standard InChI is InChI=1S/C17H28N2/c1-13-12-15(17(3,4)5)6-7-16(13)14(2)19-10-8-18-9-11-19/h6-7,12,14,18H,8-11H2,1-5H3. The molecule has 1 aromatic carbocycles. The topological polar surface area (TPSA) is 15.3 Å². The van der Waals surface area contributed by atoms with Crippen LogP contribution in [0.15, 0.2) is 18.2 Å². The minimum absolute atomic E-state index is 0.238. The molecule has 2 rings (SSSR count). The number of rotatable bonds is 2. The van der Waals surface area contributed by atoms with E-state index < -0.39 is 0 Å². The van der Waals surface area contributed by atoms with Crippen molar-refractivity contribution in [3.8, 4) is 0 Å². The highest BCUT2D eigenvalue weighted by Gasteiger charge is 2.21. The van der Waals surface area contributed by atoms with Crippen LogP contribution in [0, 0.1) is 6.92 Å². The molecule has 0 bridgehead atoms.